The molecule has 1 amide bonds. The first kappa shape index (κ1) is 17.6. The number of benzene rings is 2. The number of aromatic amines is 1. The van der Waals surface area contributed by atoms with Crippen LogP contribution in [-0.4, -0.2) is 38.7 Å². The first-order valence-electron chi connectivity index (χ1n) is 8.87. The van der Waals surface area contributed by atoms with Gasteiger partial charge in [0.2, 0.25) is 10.0 Å². The highest BCUT2D eigenvalue weighted by molar-refractivity contribution is 7.92. The number of nitrogens with one attached hydrogen (secondary N) is 2. The Balaban J connectivity index is 1.42. The fourth-order valence-electron chi connectivity index (χ4n) is 3.61. The second kappa shape index (κ2) is 6.74. The number of amides is 1. The van der Waals surface area contributed by atoms with Gasteiger partial charge in [0.25, 0.3) is 5.91 Å². The highest BCUT2D eigenvalue weighted by Gasteiger charge is 2.26. The number of aromatic nitrogens is 1. The summed E-state index contributed by atoms with van der Waals surface area (Å²) in [5.41, 5.74) is 4.39. The van der Waals surface area contributed by atoms with Crippen molar-refractivity contribution in [2.45, 2.75) is 12.8 Å². The largest absolute Gasteiger partial charge is 0.361 e. The Labute approximate surface area is 158 Å². The molecule has 0 atom stereocenters. The van der Waals surface area contributed by atoms with Crippen LogP contribution in [0.25, 0.3) is 10.9 Å². The Morgan fingerprint density at radius 1 is 1.22 bits per heavy atom. The molecule has 0 aliphatic carbocycles. The van der Waals surface area contributed by atoms with Gasteiger partial charge in [0.05, 0.1) is 11.9 Å². The number of carbonyl (C=O) groups excluding carboxylic acids is 1. The average molecular weight is 383 g/mol. The van der Waals surface area contributed by atoms with Crippen molar-refractivity contribution in [2.75, 3.05) is 23.7 Å². The van der Waals surface area contributed by atoms with Crippen molar-refractivity contribution in [2.24, 2.45) is 0 Å². The number of rotatable bonds is 5. The molecule has 0 fully saturated rings. The molecule has 0 unspecified atom stereocenters. The van der Waals surface area contributed by atoms with Crippen LogP contribution in [0.5, 0.6) is 0 Å². The molecule has 2 aromatic carbocycles. The molecule has 0 bridgehead atoms. The lowest BCUT2D eigenvalue weighted by atomic mass is 10.1. The molecule has 7 heteroatoms. The molecular formula is C20H21N3O3S. The number of para-hydroxylation sites is 1. The Morgan fingerprint density at radius 3 is 2.85 bits per heavy atom. The van der Waals surface area contributed by atoms with E-state index in [1.807, 2.05) is 24.4 Å². The summed E-state index contributed by atoms with van der Waals surface area (Å²) in [5.74, 6) is -0.143. The average Bonchev–Trinajstić information content (AvgIpc) is 3.25. The van der Waals surface area contributed by atoms with E-state index in [0.717, 1.165) is 17.5 Å². The summed E-state index contributed by atoms with van der Waals surface area (Å²) in [5, 5.41) is 4.12. The molecule has 0 saturated carbocycles. The third-order valence-electron chi connectivity index (χ3n) is 4.95. The highest BCUT2D eigenvalue weighted by Crippen LogP contribution is 2.30. The maximum absolute atomic E-state index is 12.5. The maximum atomic E-state index is 12.5. The molecule has 0 spiro atoms. The van der Waals surface area contributed by atoms with E-state index >= 15 is 0 Å². The smallest absolute Gasteiger partial charge is 0.251 e. The second-order valence-electron chi connectivity index (χ2n) is 6.79. The summed E-state index contributed by atoms with van der Waals surface area (Å²) in [6.07, 6.45) is 4.54. The van der Waals surface area contributed by atoms with Crippen LogP contribution in [-0.2, 0) is 22.9 Å². The number of fused-ring (bicyclic) bond motifs is 2. The third-order valence-corrected chi connectivity index (χ3v) is 6.13. The van der Waals surface area contributed by atoms with Crippen molar-refractivity contribution < 1.29 is 13.2 Å². The van der Waals surface area contributed by atoms with E-state index in [1.165, 1.54) is 21.5 Å². The van der Waals surface area contributed by atoms with Crippen LogP contribution < -0.4 is 9.62 Å². The summed E-state index contributed by atoms with van der Waals surface area (Å²) < 4.78 is 25.0. The van der Waals surface area contributed by atoms with E-state index in [0.29, 0.717) is 30.8 Å². The summed E-state index contributed by atoms with van der Waals surface area (Å²) in [6.45, 7) is 0.965. The Hall–Kier alpha value is -2.80. The molecule has 140 valence electrons. The SMILES string of the molecule is CS(=O)(=O)N1CCc2cc(C(=O)NCCc3c[nH]c4ccccc34)ccc21. The number of hydrogen-bond acceptors (Lipinski definition) is 3. The Kier molecular flexibility index (Phi) is 4.39. The van der Waals surface area contributed by atoms with Gasteiger partial charge >= 0.3 is 0 Å². The van der Waals surface area contributed by atoms with Crippen LogP contribution in [0.4, 0.5) is 5.69 Å². The molecule has 3 aromatic rings. The molecule has 4 rings (SSSR count). The predicted octanol–water partition coefficient (Wildman–Crippen LogP) is 2.46. The standard InChI is InChI=1S/C20H21N3O3S/c1-27(25,26)23-11-9-14-12-15(6-7-19(14)23)20(24)21-10-8-16-13-22-18-5-3-2-4-17(16)18/h2-7,12-13,22H,8-11H2,1H3,(H,21,24). The number of sulfonamides is 1. The summed E-state index contributed by atoms with van der Waals surface area (Å²) in [7, 11) is -3.28. The highest BCUT2D eigenvalue weighted by atomic mass is 32.2. The van der Waals surface area contributed by atoms with Crippen LogP contribution in [0.15, 0.2) is 48.7 Å². The minimum absolute atomic E-state index is 0.143. The Morgan fingerprint density at radius 2 is 2.04 bits per heavy atom. The van der Waals surface area contributed by atoms with Gasteiger partial charge in [-0.15, -0.1) is 0 Å². The number of carbonyl (C=O) groups is 1. The van der Waals surface area contributed by atoms with Gasteiger partial charge in [0.15, 0.2) is 0 Å². The van der Waals surface area contributed by atoms with E-state index < -0.39 is 10.0 Å². The van der Waals surface area contributed by atoms with E-state index in [9.17, 15) is 13.2 Å². The molecule has 0 saturated heterocycles. The monoisotopic (exact) mass is 383 g/mol. The molecule has 2 N–H and O–H groups in total. The maximum Gasteiger partial charge on any atom is 0.251 e. The van der Waals surface area contributed by atoms with E-state index in [2.05, 4.69) is 16.4 Å². The fraction of sp³-hybridized carbons (Fsp3) is 0.250. The van der Waals surface area contributed by atoms with Crippen LogP contribution in [0.3, 0.4) is 0 Å². The normalized spacial score (nSPS) is 13.7. The molecular weight excluding hydrogens is 362 g/mol. The van der Waals surface area contributed by atoms with Gasteiger partial charge in [-0.3, -0.25) is 9.10 Å². The lowest BCUT2D eigenvalue weighted by Crippen LogP contribution is -2.27. The zero-order chi connectivity index (χ0) is 19.0. The van der Waals surface area contributed by atoms with Crippen LogP contribution in [0, 0.1) is 0 Å². The number of hydrogen-bond donors (Lipinski definition) is 2. The summed E-state index contributed by atoms with van der Waals surface area (Å²) in [4.78, 5) is 15.7. The quantitative estimate of drug-likeness (QED) is 0.710. The van der Waals surface area contributed by atoms with Gasteiger partial charge in [0.1, 0.15) is 0 Å². The van der Waals surface area contributed by atoms with E-state index in [-0.39, 0.29) is 5.91 Å². The number of anilines is 1. The van der Waals surface area contributed by atoms with Gasteiger partial charge in [-0.1, -0.05) is 18.2 Å². The lowest BCUT2D eigenvalue weighted by Gasteiger charge is -2.16. The van der Waals surface area contributed by atoms with E-state index in [1.54, 1.807) is 18.2 Å². The first-order valence-corrected chi connectivity index (χ1v) is 10.7. The zero-order valence-corrected chi connectivity index (χ0v) is 15.8. The lowest BCUT2D eigenvalue weighted by molar-refractivity contribution is 0.0954. The second-order valence-corrected chi connectivity index (χ2v) is 8.70. The fourth-order valence-corrected chi connectivity index (χ4v) is 4.57. The van der Waals surface area contributed by atoms with Gasteiger partial charge < -0.3 is 10.3 Å². The molecule has 0 radical (unpaired) electrons. The zero-order valence-electron chi connectivity index (χ0n) is 15.0. The molecule has 1 aliphatic rings. The van der Waals surface area contributed by atoms with Gasteiger partial charge in [-0.2, -0.15) is 0 Å². The van der Waals surface area contributed by atoms with Crippen molar-refractivity contribution >= 4 is 32.5 Å². The van der Waals surface area contributed by atoms with Crippen molar-refractivity contribution in [1.29, 1.82) is 0 Å². The molecule has 27 heavy (non-hydrogen) atoms. The first-order chi connectivity index (χ1) is 12.9. The van der Waals surface area contributed by atoms with Crippen molar-refractivity contribution in [3.63, 3.8) is 0 Å². The summed E-state index contributed by atoms with van der Waals surface area (Å²) in [6, 6.07) is 13.3. The van der Waals surface area contributed by atoms with Crippen molar-refractivity contribution in [1.82, 2.24) is 10.3 Å². The molecule has 6 nitrogen and oxygen atoms in total. The minimum atomic E-state index is -3.28. The number of nitrogens with zero attached hydrogens (tertiary/aromatic N) is 1. The summed E-state index contributed by atoms with van der Waals surface area (Å²) >= 11 is 0. The molecule has 1 aliphatic heterocycles. The van der Waals surface area contributed by atoms with Crippen molar-refractivity contribution in [3.05, 3.63) is 65.4 Å². The van der Waals surface area contributed by atoms with Gasteiger partial charge in [-0.05, 0) is 48.2 Å². The van der Waals surface area contributed by atoms with Crippen LogP contribution >= 0.6 is 0 Å². The Bertz CT molecular complexity index is 1120. The number of H-pyrrole nitrogens is 1. The van der Waals surface area contributed by atoms with Gasteiger partial charge in [-0.25, -0.2) is 8.42 Å². The van der Waals surface area contributed by atoms with E-state index in [4.69, 9.17) is 0 Å². The third kappa shape index (κ3) is 3.42. The predicted molar refractivity (Wildman–Crippen MR) is 107 cm³/mol. The molecule has 1 aromatic heterocycles. The van der Waals surface area contributed by atoms with Crippen molar-refractivity contribution in [3.8, 4) is 0 Å². The minimum Gasteiger partial charge on any atom is -0.361 e. The van der Waals surface area contributed by atoms with Gasteiger partial charge in [0, 0.05) is 35.8 Å². The van der Waals surface area contributed by atoms with Crippen LogP contribution in [0.2, 0.25) is 0 Å². The molecule has 2 heterocycles. The van der Waals surface area contributed by atoms with Crippen LogP contribution in [0.1, 0.15) is 21.5 Å². The topological polar surface area (TPSA) is 82.3 Å².